The first-order valence-electron chi connectivity index (χ1n) is 12.9. The molecule has 3 aromatic carbocycles. The van der Waals surface area contributed by atoms with Gasteiger partial charge in [0, 0.05) is 30.5 Å². The Balaban J connectivity index is 1.74. The third kappa shape index (κ3) is 6.40. The number of benzene rings is 3. The summed E-state index contributed by atoms with van der Waals surface area (Å²) >= 11 is 18.5. The second-order valence-electron chi connectivity index (χ2n) is 9.75. The monoisotopic (exact) mass is 584 g/mol. The van der Waals surface area contributed by atoms with Crippen LogP contribution in [0.1, 0.15) is 38.3 Å². The van der Waals surface area contributed by atoms with Crippen molar-refractivity contribution in [3.63, 3.8) is 0 Å². The summed E-state index contributed by atoms with van der Waals surface area (Å²) in [6.45, 7) is 9.75. The van der Waals surface area contributed by atoms with E-state index in [4.69, 9.17) is 34.8 Å². The van der Waals surface area contributed by atoms with Crippen LogP contribution in [0.25, 0.3) is 0 Å². The summed E-state index contributed by atoms with van der Waals surface area (Å²) in [5.74, 6) is -1.19. The number of aliphatic imine (C=N–C) groups is 1. The molecule has 1 aliphatic rings. The van der Waals surface area contributed by atoms with Crippen LogP contribution in [0.4, 0.5) is 22.7 Å². The Hall–Kier alpha value is -3.06. The topological polar surface area (TPSA) is 65.0 Å². The fourth-order valence-corrected chi connectivity index (χ4v) is 5.26. The fourth-order valence-electron chi connectivity index (χ4n) is 4.66. The van der Waals surface area contributed by atoms with Gasteiger partial charge in [-0.05, 0) is 81.1 Å². The van der Waals surface area contributed by atoms with Crippen molar-refractivity contribution in [3.8, 4) is 0 Å². The van der Waals surface area contributed by atoms with Gasteiger partial charge in [0.2, 0.25) is 0 Å². The van der Waals surface area contributed by atoms with Gasteiger partial charge in [-0.3, -0.25) is 9.59 Å². The summed E-state index contributed by atoms with van der Waals surface area (Å²) in [7, 11) is 0. The molecule has 0 spiro atoms. The molecule has 4 rings (SSSR count). The molecule has 1 heterocycles. The first-order valence-corrected chi connectivity index (χ1v) is 14.1. The minimum absolute atomic E-state index is 0.196. The number of carbonyl (C=O) groups excluding carboxylic acids is 2. The van der Waals surface area contributed by atoms with E-state index < -0.39 is 11.8 Å². The number of aryl methyl sites for hydroxylation is 1. The van der Waals surface area contributed by atoms with E-state index >= 15 is 0 Å². The maximum atomic E-state index is 13.9. The molecule has 0 bridgehead atoms. The van der Waals surface area contributed by atoms with Gasteiger partial charge in [-0.2, -0.15) is 0 Å². The standard InChI is InChI=1S/C30H31Cl3N4O2/c1-5-13-36(18(2)3)21-10-11-25(19(4)15-21)34-28(29(38)35-26-17-23(32)22(31)16-24(26)33)30(39)37-14-12-20-8-6-7-9-27(20)37/h6-11,15-18H,5,12-14H2,1-4H3,(H,35,38)/b34-28+. The highest BCUT2D eigenvalue weighted by Gasteiger charge is 2.32. The summed E-state index contributed by atoms with van der Waals surface area (Å²) in [5.41, 5.74) is 4.25. The van der Waals surface area contributed by atoms with Crippen molar-refractivity contribution in [1.82, 2.24) is 0 Å². The first-order chi connectivity index (χ1) is 18.6. The third-order valence-electron chi connectivity index (χ3n) is 6.64. The molecule has 0 aromatic heterocycles. The number of anilines is 3. The molecule has 0 fully saturated rings. The van der Waals surface area contributed by atoms with Crippen LogP contribution in [0.5, 0.6) is 0 Å². The zero-order valence-corrected chi connectivity index (χ0v) is 24.7. The van der Waals surface area contributed by atoms with Gasteiger partial charge >= 0.3 is 0 Å². The maximum absolute atomic E-state index is 13.9. The summed E-state index contributed by atoms with van der Waals surface area (Å²) < 4.78 is 0. The second kappa shape index (κ2) is 12.4. The molecule has 0 atom stereocenters. The van der Waals surface area contributed by atoms with E-state index in [2.05, 4.69) is 36.0 Å². The van der Waals surface area contributed by atoms with Crippen molar-refractivity contribution >= 4 is 75.1 Å². The van der Waals surface area contributed by atoms with E-state index in [-0.39, 0.29) is 26.5 Å². The Morgan fingerprint density at radius 2 is 1.74 bits per heavy atom. The molecule has 1 N–H and O–H groups in total. The molecule has 3 aromatic rings. The van der Waals surface area contributed by atoms with E-state index in [1.54, 1.807) is 4.90 Å². The summed E-state index contributed by atoms with van der Waals surface area (Å²) in [4.78, 5) is 36.0. The summed E-state index contributed by atoms with van der Waals surface area (Å²) in [5, 5.41) is 3.38. The minimum Gasteiger partial charge on any atom is -0.369 e. The van der Waals surface area contributed by atoms with Crippen LogP contribution >= 0.6 is 34.8 Å². The minimum atomic E-state index is -0.692. The van der Waals surface area contributed by atoms with Gasteiger partial charge < -0.3 is 15.1 Å². The molecule has 2 amide bonds. The van der Waals surface area contributed by atoms with E-state index in [0.29, 0.717) is 24.7 Å². The maximum Gasteiger partial charge on any atom is 0.282 e. The molecule has 0 aliphatic carbocycles. The number of amides is 2. The van der Waals surface area contributed by atoms with Crippen molar-refractivity contribution in [2.24, 2.45) is 4.99 Å². The van der Waals surface area contributed by atoms with Crippen LogP contribution < -0.4 is 15.1 Å². The zero-order valence-electron chi connectivity index (χ0n) is 22.4. The largest absolute Gasteiger partial charge is 0.369 e. The fraction of sp³-hybridized carbons (Fsp3) is 0.300. The van der Waals surface area contributed by atoms with Gasteiger partial charge in [-0.25, -0.2) is 4.99 Å². The average Bonchev–Trinajstić information content (AvgIpc) is 3.33. The Morgan fingerprint density at radius 1 is 1.03 bits per heavy atom. The smallest absolute Gasteiger partial charge is 0.282 e. The lowest BCUT2D eigenvalue weighted by Crippen LogP contribution is -2.41. The highest BCUT2D eigenvalue weighted by atomic mass is 35.5. The highest BCUT2D eigenvalue weighted by Crippen LogP contribution is 2.33. The highest BCUT2D eigenvalue weighted by molar-refractivity contribution is 6.69. The average molecular weight is 586 g/mol. The zero-order chi connectivity index (χ0) is 28.3. The van der Waals surface area contributed by atoms with Crippen LogP contribution in [-0.4, -0.2) is 36.7 Å². The Kier molecular flexibility index (Phi) is 9.21. The Morgan fingerprint density at radius 3 is 2.44 bits per heavy atom. The molecule has 0 saturated heterocycles. The number of halogens is 3. The number of nitrogens with zero attached hydrogens (tertiary/aromatic N) is 3. The Labute approximate surface area is 244 Å². The van der Waals surface area contributed by atoms with Gasteiger partial charge in [0.25, 0.3) is 11.8 Å². The molecule has 1 aliphatic heterocycles. The lowest BCUT2D eigenvalue weighted by Gasteiger charge is -2.29. The van der Waals surface area contributed by atoms with Crippen molar-refractivity contribution in [1.29, 1.82) is 0 Å². The number of fused-ring (bicyclic) bond motifs is 1. The lowest BCUT2D eigenvalue weighted by molar-refractivity contribution is -0.115. The molecule has 6 nitrogen and oxygen atoms in total. The second-order valence-corrected chi connectivity index (χ2v) is 11.0. The normalized spacial score (nSPS) is 13.0. The van der Waals surface area contributed by atoms with Crippen molar-refractivity contribution in [3.05, 3.63) is 80.8 Å². The number of hydrogen-bond acceptors (Lipinski definition) is 4. The third-order valence-corrected chi connectivity index (χ3v) is 7.68. The van der Waals surface area contributed by atoms with Gasteiger partial charge in [0.15, 0.2) is 5.71 Å². The molecule has 9 heteroatoms. The molecule has 204 valence electrons. The molecular weight excluding hydrogens is 555 g/mol. The number of carbonyl (C=O) groups is 2. The SMILES string of the molecule is CCCN(c1ccc(/N=C(\C(=O)Nc2cc(Cl)c(Cl)cc2Cl)C(=O)N2CCc3ccccc32)c(C)c1)C(C)C. The van der Waals surface area contributed by atoms with Crippen LogP contribution in [0.3, 0.4) is 0 Å². The van der Waals surface area contributed by atoms with E-state index in [1.807, 2.05) is 49.4 Å². The van der Waals surface area contributed by atoms with E-state index in [0.717, 1.165) is 35.5 Å². The van der Waals surface area contributed by atoms with Gasteiger partial charge in [0.1, 0.15) is 0 Å². The quantitative estimate of drug-likeness (QED) is 0.166. The number of rotatable bonds is 8. The van der Waals surface area contributed by atoms with Crippen LogP contribution in [0, 0.1) is 6.92 Å². The van der Waals surface area contributed by atoms with Crippen molar-refractivity contribution < 1.29 is 9.59 Å². The van der Waals surface area contributed by atoms with Crippen LogP contribution in [0.15, 0.2) is 59.6 Å². The number of para-hydroxylation sites is 1. The van der Waals surface area contributed by atoms with Crippen molar-refractivity contribution in [2.45, 2.75) is 46.6 Å². The molecule has 0 unspecified atom stereocenters. The molecule has 0 saturated carbocycles. The Bertz CT molecular complexity index is 1440. The predicted octanol–water partition coefficient (Wildman–Crippen LogP) is 7.88. The summed E-state index contributed by atoms with van der Waals surface area (Å²) in [6, 6.07) is 16.7. The molecule has 0 radical (unpaired) electrons. The first kappa shape index (κ1) is 28.9. The van der Waals surface area contributed by atoms with E-state index in [9.17, 15) is 9.59 Å². The van der Waals surface area contributed by atoms with E-state index in [1.165, 1.54) is 12.1 Å². The summed E-state index contributed by atoms with van der Waals surface area (Å²) in [6.07, 6.45) is 1.72. The molecular formula is C30H31Cl3N4O2. The van der Waals surface area contributed by atoms with Crippen LogP contribution in [-0.2, 0) is 16.0 Å². The van der Waals surface area contributed by atoms with Crippen LogP contribution in [0.2, 0.25) is 15.1 Å². The van der Waals surface area contributed by atoms with Crippen molar-refractivity contribution in [2.75, 3.05) is 28.2 Å². The molecule has 39 heavy (non-hydrogen) atoms. The predicted molar refractivity (Wildman–Crippen MR) is 164 cm³/mol. The van der Waals surface area contributed by atoms with Gasteiger partial charge in [-0.1, -0.05) is 59.9 Å². The van der Waals surface area contributed by atoms with Gasteiger partial charge in [-0.15, -0.1) is 0 Å². The number of hydrogen-bond donors (Lipinski definition) is 1. The lowest BCUT2D eigenvalue weighted by atomic mass is 10.1. The number of nitrogens with one attached hydrogen (secondary N) is 1. The van der Waals surface area contributed by atoms with Gasteiger partial charge in [0.05, 0.1) is 26.4 Å².